The zero-order valence-corrected chi connectivity index (χ0v) is 21.4. The third kappa shape index (κ3) is 12.7. The molecule has 0 unspecified atom stereocenters. The van der Waals surface area contributed by atoms with Crippen molar-refractivity contribution in [2.75, 3.05) is 78.5 Å². The molecule has 208 valence electrons. The van der Waals surface area contributed by atoms with E-state index in [0.717, 1.165) is 58.4 Å². The molecule has 1 saturated heterocycles. The van der Waals surface area contributed by atoms with Gasteiger partial charge in [0, 0.05) is 90.2 Å². The zero-order valence-electron chi connectivity index (χ0n) is 21.4. The maximum Gasteiger partial charge on any atom is 0.245 e. The van der Waals surface area contributed by atoms with Gasteiger partial charge in [-0.1, -0.05) is 6.07 Å². The maximum absolute atomic E-state index is 13.4. The molecule has 0 radical (unpaired) electrons. The normalized spacial score (nSPS) is 18.2. The first kappa shape index (κ1) is 30.3. The summed E-state index contributed by atoms with van der Waals surface area (Å²) in [5.74, 6) is -2.03. The molecular weight excluding hydrogens is 480 g/mol. The van der Waals surface area contributed by atoms with Gasteiger partial charge in [-0.2, -0.15) is 0 Å². The topological polar surface area (TPSA) is 193 Å². The number of nitrogens with two attached hydrogens (primary N) is 1. The van der Waals surface area contributed by atoms with E-state index in [9.17, 15) is 24.6 Å². The summed E-state index contributed by atoms with van der Waals surface area (Å²) in [5, 5.41) is 38.7. The Morgan fingerprint density at radius 3 is 1.78 bits per heavy atom. The van der Waals surface area contributed by atoms with Gasteiger partial charge in [0.25, 0.3) is 0 Å². The van der Waals surface area contributed by atoms with Crippen molar-refractivity contribution in [1.82, 2.24) is 36.8 Å². The van der Waals surface area contributed by atoms with E-state index >= 15 is 0 Å². The van der Waals surface area contributed by atoms with Gasteiger partial charge >= 0.3 is 0 Å². The Bertz CT molecular complexity index is 838. The highest BCUT2D eigenvalue weighted by Crippen LogP contribution is 2.22. The minimum absolute atomic E-state index is 0.131. The van der Waals surface area contributed by atoms with E-state index in [-0.39, 0.29) is 29.9 Å². The highest BCUT2D eigenvalue weighted by atomic mass is 16.3. The van der Waals surface area contributed by atoms with Crippen LogP contribution in [0, 0.1) is 0 Å². The third-order valence-corrected chi connectivity index (χ3v) is 5.80. The van der Waals surface area contributed by atoms with Gasteiger partial charge in [-0.25, -0.2) is 0 Å². The molecule has 10 N–H and O–H groups in total. The fraction of sp³-hybridized carbons (Fsp3) is 0.625. The molecule has 1 fully saturated rings. The Balaban J connectivity index is 2.00. The summed E-state index contributed by atoms with van der Waals surface area (Å²) in [4.78, 5) is 39.4. The van der Waals surface area contributed by atoms with Crippen molar-refractivity contribution in [3.8, 4) is 11.5 Å². The SMILES string of the molecule is NC(=O)C[C@H](NC(=O)Cc1ccc(O)cc1O)C(=O)N1CCNCCNCCNCCNCCNCC1. The summed E-state index contributed by atoms with van der Waals surface area (Å²) in [6.07, 6.45) is -0.571. The second-order valence-corrected chi connectivity index (χ2v) is 8.86. The average Bonchev–Trinajstić information content (AvgIpc) is 2.84. The van der Waals surface area contributed by atoms with Crippen molar-refractivity contribution in [2.45, 2.75) is 18.9 Å². The van der Waals surface area contributed by atoms with Gasteiger partial charge in [0.1, 0.15) is 17.5 Å². The quantitative estimate of drug-likeness (QED) is 0.184. The summed E-state index contributed by atoms with van der Waals surface area (Å²) in [6, 6.07) is 2.77. The van der Waals surface area contributed by atoms with Crippen LogP contribution in [0.5, 0.6) is 11.5 Å². The second kappa shape index (κ2) is 17.5. The molecule has 0 aromatic heterocycles. The number of carbonyl (C=O) groups excluding carboxylic acids is 3. The number of hydrogen-bond donors (Lipinski definition) is 9. The van der Waals surface area contributed by atoms with E-state index in [0.29, 0.717) is 26.2 Å². The smallest absolute Gasteiger partial charge is 0.245 e. The number of amides is 3. The van der Waals surface area contributed by atoms with Gasteiger partial charge in [0.05, 0.1) is 12.8 Å². The number of phenolic OH excluding ortho intramolecular Hbond substituents is 2. The summed E-state index contributed by atoms with van der Waals surface area (Å²) in [5.41, 5.74) is 5.66. The van der Waals surface area contributed by atoms with Crippen LogP contribution >= 0.6 is 0 Å². The number of aromatic hydroxyl groups is 2. The van der Waals surface area contributed by atoms with E-state index < -0.39 is 23.8 Å². The Hall–Kier alpha value is -2.97. The highest BCUT2D eigenvalue weighted by Gasteiger charge is 2.27. The number of primary amides is 1. The van der Waals surface area contributed by atoms with Crippen molar-refractivity contribution in [3.63, 3.8) is 0 Å². The maximum atomic E-state index is 13.4. The molecule has 1 heterocycles. The Kier molecular flexibility index (Phi) is 14.3. The monoisotopic (exact) mass is 522 g/mol. The van der Waals surface area contributed by atoms with E-state index in [1.165, 1.54) is 12.1 Å². The highest BCUT2D eigenvalue weighted by molar-refractivity contribution is 5.92. The van der Waals surface area contributed by atoms with E-state index in [1.807, 2.05) is 0 Å². The number of nitrogens with one attached hydrogen (secondary N) is 6. The van der Waals surface area contributed by atoms with Crippen molar-refractivity contribution in [3.05, 3.63) is 23.8 Å². The number of benzene rings is 1. The summed E-state index contributed by atoms with van der Waals surface area (Å²) >= 11 is 0. The van der Waals surface area contributed by atoms with Crippen LogP contribution in [-0.2, 0) is 20.8 Å². The molecule has 13 nitrogen and oxygen atoms in total. The van der Waals surface area contributed by atoms with Gasteiger partial charge in [-0.05, 0) is 6.07 Å². The van der Waals surface area contributed by atoms with Crippen molar-refractivity contribution in [1.29, 1.82) is 0 Å². The number of carbonyl (C=O) groups is 3. The second-order valence-electron chi connectivity index (χ2n) is 8.86. The summed E-state index contributed by atoms with van der Waals surface area (Å²) in [7, 11) is 0. The van der Waals surface area contributed by atoms with Gasteiger partial charge in [-0.3, -0.25) is 14.4 Å². The van der Waals surface area contributed by atoms with Crippen LogP contribution in [0.25, 0.3) is 0 Å². The van der Waals surface area contributed by atoms with Crippen molar-refractivity contribution < 1.29 is 24.6 Å². The molecule has 0 spiro atoms. The summed E-state index contributed by atoms with van der Waals surface area (Å²) < 4.78 is 0. The summed E-state index contributed by atoms with van der Waals surface area (Å²) in [6.45, 7) is 8.45. The standard InChI is InChI=1S/C24H42N8O5/c25-22(35)17-20(31-23(36)15-18-1-2-19(33)16-21(18)34)24(37)32-13-11-29-9-7-27-5-3-26-4-6-28-8-10-30-12-14-32/h1-2,16,20,26-30,33-34H,3-15,17H2,(H2,25,35)(H,31,36)/t20-/m0/s1. The lowest BCUT2D eigenvalue weighted by atomic mass is 10.1. The van der Waals surface area contributed by atoms with Crippen LogP contribution in [0.1, 0.15) is 12.0 Å². The van der Waals surface area contributed by atoms with E-state index in [1.54, 1.807) is 4.90 Å². The van der Waals surface area contributed by atoms with Crippen molar-refractivity contribution >= 4 is 17.7 Å². The van der Waals surface area contributed by atoms with Crippen LogP contribution in [-0.4, -0.2) is 117 Å². The Labute approximate surface area is 217 Å². The van der Waals surface area contributed by atoms with Crippen molar-refractivity contribution in [2.24, 2.45) is 5.73 Å². The molecule has 1 aliphatic rings. The third-order valence-electron chi connectivity index (χ3n) is 5.80. The van der Waals surface area contributed by atoms with E-state index in [4.69, 9.17) is 5.73 Å². The van der Waals surface area contributed by atoms with Crippen LogP contribution < -0.4 is 37.6 Å². The first-order valence-electron chi connectivity index (χ1n) is 12.8. The Morgan fingerprint density at radius 2 is 1.32 bits per heavy atom. The van der Waals surface area contributed by atoms with Gasteiger partial charge in [0.2, 0.25) is 17.7 Å². The number of nitrogens with zero attached hydrogens (tertiary/aromatic N) is 1. The van der Waals surface area contributed by atoms with Crippen LogP contribution in [0.4, 0.5) is 0 Å². The lowest BCUT2D eigenvalue weighted by Crippen LogP contribution is -2.53. The molecule has 3 amide bonds. The molecule has 1 aliphatic heterocycles. The molecule has 2 rings (SSSR count). The van der Waals surface area contributed by atoms with Crippen LogP contribution in [0.2, 0.25) is 0 Å². The lowest BCUT2D eigenvalue weighted by molar-refractivity contribution is -0.138. The predicted octanol–water partition coefficient (Wildman–Crippen LogP) is -3.21. The molecule has 0 aliphatic carbocycles. The minimum atomic E-state index is -1.13. The average molecular weight is 523 g/mol. The molecule has 0 saturated carbocycles. The van der Waals surface area contributed by atoms with E-state index in [2.05, 4.69) is 31.9 Å². The number of rotatable bonds is 6. The van der Waals surface area contributed by atoms with Gasteiger partial charge in [0.15, 0.2) is 0 Å². The number of hydrogen-bond acceptors (Lipinski definition) is 10. The fourth-order valence-electron chi connectivity index (χ4n) is 3.83. The first-order chi connectivity index (χ1) is 17.9. The van der Waals surface area contributed by atoms with Crippen LogP contribution in [0.3, 0.4) is 0 Å². The zero-order chi connectivity index (χ0) is 26.9. The molecule has 13 heteroatoms. The van der Waals surface area contributed by atoms with Gasteiger partial charge < -0.3 is 52.7 Å². The molecule has 1 aromatic carbocycles. The van der Waals surface area contributed by atoms with Crippen LogP contribution in [0.15, 0.2) is 18.2 Å². The Morgan fingerprint density at radius 1 is 0.838 bits per heavy atom. The molecule has 37 heavy (non-hydrogen) atoms. The number of phenols is 2. The molecule has 0 bridgehead atoms. The first-order valence-corrected chi connectivity index (χ1v) is 12.8. The molecule has 1 atom stereocenters. The van der Waals surface area contributed by atoms with Gasteiger partial charge in [-0.15, -0.1) is 0 Å². The molecular formula is C24H42N8O5. The fourth-order valence-corrected chi connectivity index (χ4v) is 3.83. The predicted molar refractivity (Wildman–Crippen MR) is 140 cm³/mol. The molecule has 1 aromatic rings. The largest absolute Gasteiger partial charge is 0.508 e. The lowest BCUT2D eigenvalue weighted by Gasteiger charge is -2.28. The minimum Gasteiger partial charge on any atom is -0.508 e.